The van der Waals surface area contributed by atoms with Gasteiger partial charge in [0.05, 0.1) is 0 Å². The number of hydrogen-bond acceptors (Lipinski definition) is 4. The minimum atomic E-state index is 0.207. The first-order chi connectivity index (χ1) is 13.3. The third-order valence-electron chi connectivity index (χ3n) is 6.08. The second kappa shape index (κ2) is 8.23. The number of piperidine rings is 1. The number of nitrogens with zero attached hydrogens (tertiary/aromatic N) is 3. The lowest BCUT2D eigenvalue weighted by atomic mass is 9.80. The van der Waals surface area contributed by atoms with Crippen LogP contribution in [-0.2, 0) is 17.8 Å². The van der Waals surface area contributed by atoms with E-state index in [1.807, 2.05) is 15.7 Å². The molecule has 3 heterocycles. The first kappa shape index (κ1) is 18.2. The minimum Gasteiger partial charge on any atom is -0.341 e. The summed E-state index contributed by atoms with van der Waals surface area (Å²) in [6, 6.07) is 11.2. The molecule has 1 aromatic carbocycles. The smallest absolute Gasteiger partial charge is 0.242 e. The molecule has 0 radical (unpaired) electrons. The van der Waals surface area contributed by atoms with Crippen molar-refractivity contribution in [2.75, 3.05) is 19.6 Å². The largest absolute Gasteiger partial charge is 0.341 e. The molecule has 0 bridgehead atoms. The van der Waals surface area contributed by atoms with Crippen LogP contribution in [0.15, 0.2) is 42.7 Å². The normalized spacial score (nSPS) is 23.7. The van der Waals surface area contributed by atoms with Crippen LogP contribution in [0, 0.1) is 5.92 Å². The van der Waals surface area contributed by atoms with Crippen LogP contribution in [0.3, 0.4) is 0 Å². The molecule has 1 amide bonds. The molecule has 0 saturated carbocycles. The standard InChI is InChI=1S/C21H29N5O/c1-2-19-22-10-13-26(19)15-20(27)25-11-8-17(9-12-25)21-18(14-23-24-21)16-6-4-3-5-7-16/h3-7,10,13,17-18,21,23-24H,2,8-9,11-12,14-15H2,1H3. The van der Waals surface area contributed by atoms with Crippen molar-refractivity contribution in [3.63, 3.8) is 0 Å². The summed E-state index contributed by atoms with van der Waals surface area (Å²) in [6.45, 7) is 5.14. The number of hydrazine groups is 1. The fraction of sp³-hybridized carbons (Fsp3) is 0.524. The molecule has 4 rings (SSSR count). The molecule has 27 heavy (non-hydrogen) atoms. The maximum Gasteiger partial charge on any atom is 0.242 e. The summed E-state index contributed by atoms with van der Waals surface area (Å²) in [7, 11) is 0. The zero-order valence-electron chi connectivity index (χ0n) is 16.0. The Labute approximate surface area is 160 Å². The molecule has 6 heteroatoms. The van der Waals surface area contributed by atoms with Gasteiger partial charge in [-0.05, 0) is 24.3 Å². The van der Waals surface area contributed by atoms with E-state index >= 15 is 0 Å². The van der Waals surface area contributed by atoms with Crippen LogP contribution in [0.1, 0.15) is 37.1 Å². The second-order valence-electron chi connectivity index (χ2n) is 7.61. The van der Waals surface area contributed by atoms with E-state index in [1.165, 1.54) is 5.56 Å². The van der Waals surface area contributed by atoms with Gasteiger partial charge in [0.15, 0.2) is 0 Å². The van der Waals surface area contributed by atoms with Crippen molar-refractivity contribution in [3.05, 3.63) is 54.1 Å². The van der Waals surface area contributed by atoms with E-state index in [2.05, 4.69) is 53.1 Å². The Hall–Kier alpha value is -2.18. The molecule has 0 aliphatic carbocycles. The highest BCUT2D eigenvalue weighted by molar-refractivity contribution is 5.76. The monoisotopic (exact) mass is 367 g/mol. The number of rotatable bonds is 5. The molecule has 2 aliphatic rings. The summed E-state index contributed by atoms with van der Waals surface area (Å²) in [5.41, 5.74) is 8.25. The van der Waals surface area contributed by atoms with Gasteiger partial charge in [-0.2, -0.15) is 0 Å². The van der Waals surface area contributed by atoms with E-state index in [0.29, 0.717) is 24.4 Å². The summed E-state index contributed by atoms with van der Waals surface area (Å²) >= 11 is 0. The highest BCUT2D eigenvalue weighted by Gasteiger charge is 2.36. The topological polar surface area (TPSA) is 62.2 Å². The Morgan fingerprint density at radius 1 is 1.22 bits per heavy atom. The van der Waals surface area contributed by atoms with E-state index < -0.39 is 0 Å². The summed E-state index contributed by atoms with van der Waals surface area (Å²) < 4.78 is 1.97. The van der Waals surface area contributed by atoms with Gasteiger partial charge in [-0.1, -0.05) is 37.3 Å². The van der Waals surface area contributed by atoms with Crippen LogP contribution in [0.25, 0.3) is 0 Å². The zero-order valence-corrected chi connectivity index (χ0v) is 16.0. The summed E-state index contributed by atoms with van der Waals surface area (Å²) in [5, 5.41) is 0. The predicted molar refractivity (Wildman–Crippen MR) is 105 cm³/mol. The second-order valence-corrected chi connectivity index (χ2v) is 7.61. The Morgan fingerprint density at radius 2 is 2.00 bits per heavy atom. The van der Waals surface area contributed by atoms with Crippen LogP contribution < -0.4 is 10.9 Å². The van der Waals surface area contributed by atoms with Gasteiger partial charge in [-0.15, -0.1) is 0 Å². The number of likely N-dealkylation sites (tertiary alicyclic amines) is 1. The lowest BCUT2D eigenvalue weighted by molar-refractivity contribution is -0.133. The van der Waals surface area contributed by atoms with Crippen molar-refractivity contribution in [2.24, 2.45) is 5.92 Å². The lowest BCUT2D eigenvalue weighted by Gasteiger charge is -2.36. The summed E-state index contributed by atoms with van der Waals surface area (Å²) in [4.78, 5) is 19.0. The van der Waals surface area contributed by atoms with Crippen LogP contribution in [0.4, 0.5) is 0 Å². The Kier molecular flexibility index (Phi) is 5.55. The molecular formula is C21H29N5O. The average molecular weight is 367 g/mol. The van der Waals surface area contributed by atoms with Crippen LogP contribution in [0.5, 0.6) is 0 Å². The van der Waals surface area contributed by atoms with Crippen LogP contribution >= 0.6 is 0 Å². The number of amides is 1. The molecule has 2 aromatic rings. The highest BCUT2D eigenvalue weighted by Crippen LogP contribution is 2.32. The van der Waals surface area contributed by atoms with Gasteiger partial charge < -0.3 is 9.47 Å². The number of hydrogen-bond donors (Lipinski definition) is 2. The van der Waals surface area contributed by atoms with Crippen molar-refractivity contribution in [2.45, 2.75) is 44.7 Å². The third-order valence-corrected chi connectivity index (χ3v) is 6.08. The highest BCUT2D eigenvalue weighted by atomic mass is 16.2. The van der Waals surface area contributed by atoms with E-state index in [9.17, 15) is 4.79 Å². The lowest BCUT2D eigenvalue weighted by Crippen LogP contribution is -2.46. The fourth-order valence-electron chi connectivity index (χ4n) is 4.54. The SMILES string of the molecule is CCc1nccn1CC(=O)N1CCC(C2NNCC2c2ccccc2)CC1. The number of carbonyl (C=O) groups is 1. The average Bonchev–Trinajstić information content (AvgIpc) is 3.38. The quantitative estimate of drug-likeness (QED) is 0.848. The fourth-order valence-corrected chi connectivity index (χ4v) is 4.54. The van der Waals surface area contributed by atoms with E-state index in [0.717, 1.165) is 44.7 Å². The van der Waals surface area contributed by atoms with Gasteiger partial charge in [-0.25, -0.2) is 4.98 Å². The number of carbonyl (C=O) groups excluding carboxylic acids is 1. The Balaban J connectivity index is 1.34. The van der Waals surface area contributed by atoms with E-state index in [4.69, 9.17) is 0 Å². The van der Waals surface area contributed by atoms with Gasteiger partial charge in [0.25, 0.3) is 0 Å². The number of aryl methyl sites for hydroxylation is 1. The molecule has 1 aromatic heterocycles. The minimum absolute atomic E-state index is 0.207. The summed E-state index contributed by atoms with van der Waals surface area (Å²) in [6.07, 6.45) is 6.64. The van der Waals surface area contributed by atoms with Crippen molar-refractivity contribution >= 4 is 5.91 Å². The first-order valence-corrected chi connectivity index (χ1v) is 10.1. The molecule has 2 unspecified atom stereocenters. The molecule has 2 saturated heterocycles. The van der Waals surface area contributed by atoms with Gasteiger partial charge in [0.2, 0.25) is 5.91 Å². The van der Waals surface area contributed by atoms with Crippen LogP contribution in [-0.4, -0.2) is 46.0 Å². The van der Waals surface area contributed by atoms with Gasteiger partial charge in [0, 0.05) is 50.4 Å². The molecule has 2 aliphatic heterocycles. The Bertz CT molecular complexity index is 751. The number of imidazole rings is 1. The van der Waals surface area contributed by atoms with Crippen molar-refractivity contribution in [1.82, 2.24) is 25.3 Å². The van der Waals surface area contributed by atoms with Gasteiger partial charge >= 0.3 is 0 Å². The van der Waals surface area contributed by atoms with Crippen molar-refractivity contribution < 1.29 is 4.79 Å². The van der Waals surface area contributed by atoms with E-state index in [1.54, 1.807) is 6.20 Å². The van der Waals surface area contributed by atoms with Crippen molar-refractivity contribution in [3.8, 4) is 0 Å². The van der Waals surface area contributed by atoms with Crippen LogP contribution in [0.2, 0.25) is 0 Å². The maximum absolute atomic E-state index is 12.7. The molecule has 6 nitrogen and oxygen atoms in total. The molecule has 2 atom stereocenters. The van der Waals surface area contributed by atoms with Crippen molar-refractivity contribution in [1.29, 1.82) is 0 Å². The summed E-state index contributed by atoms with van der Waals surface area (Å²) in [5.74, 6) is 2.27. The molecule has 0 spiro atoms. The molecule has 2 fully saturated rings. The number of aromatic nitrogens is 2. The third kappa shape index (κ3) is 3.92. The Morgan fingerprint density at radius 3 is 2.74 bits per heavy atom. The molecule has 2 N–H and O–H groups in total. The van der Waals surface area contributed by atoms with Gasteiger partial charge in [-0.3, -0.25) is 15.6 Å². The zero-order chi connectivity index (χ0) is 18.6. The molecule has 144 valence electrons. The first-order valence-electron chi connectivity index (χ1n) is 10.1. The van der Waals surface area contributed by atoms with E-state index in [-0.39, 0.29) is 5.91 Å². The number of benzene rings is 1. The maximum atomic E-state index is 12.7. The molecular weight excluding hydrogens is 338 g/mol. The van der Waals surface area contributed by atoms with Gasteiger partial charge in [0.1, 0.15) is 12.4 Å². The predicted octanol–water partition coefficient (Wildman–Crippen LogP) is 1.94. The number of nitrogens with one attached hydrogen (secondary N) is 2.